The zero-order chi connectivity index (χ0) is 27.0. The maximum atomic E-state index is 14.3. The van der Waals surface area contributed by atoms with Gasteiger partial charge in [0.2, 0.25) is 5.88 Å². The molecule has 39 heavy (non-hydrogen) atoms. The standard InChI is InChI=1S/C27H30FN7O3S/c28-16-8-26(3-1-7-35(26)11-16)14-38-24-32-22(18(10-30)23(33-24)37-15-27(36)5-6-27)34-12-25(13-34)4-2-19-20(25)17(9-29)21(31)39-19/h16,36H,1-8,11-15,31H2/t16-,26+/m1/s1. The van der Waals surface area contributed by atoms with Crippen molar-refractivity contribution in [3.05, 3.63) is 21.6 Å². The molecule has 2 aromatic heterocycles. The van der Waals surface area contributed by atoms with E-state index in [1.807, 2.05) is 4.90 Å². The number of alkyl halides is 1. The molecule has 1 spiro atoms. The van der Waals surface area contributed by atoms with E-state index in [9.17, 15) is 20.0 Å². The van der Waals surface area contributed by atoms with E-state index in [0.29, 0.717) is 55.3 Å². The topological polar surface area (TPSA) is 145 Å². The molecule has 4 fully saturated rings. The average Bonchev–Trinajstić information content (AvgIpc) is 3.16. The molecule has 3 saturated heterocycles. The van der Waals surface area contributed by atoms with Gasteiger partial charge in [-0.05, 0) is 50.6 Å². The van der Waals surface area contributed by atoms with Gasteiger partial charge in [-0.25, -0.2) is 4.39 Å². The predicted molar refractivity (Wildman–Crippen MR) is 141 cm³/mol. The molecule has 12 heteroatoms. The summed E-state index contributed by atoms with van der Waals surface area (Å²) in [6.45, 7) is 2.74. The summed E-state index contributed by atoms with van der Waals surface area (Å²) in [5.41, 5.74) is 6.48. The number of thiophene rings is 1. The summed E-state index contributed by atoms with van der Waals surface area (Å²) in [6.07, 6.45) is 4.48. The fraction of sp³-hybridized carbons (Fsp3) is 0.630. The van der Waals surface area contributed by atoms with Crippen molar-refractivity contribution in [3.63, 3.8) is 0 Å². The Morgan fingerprint density at radius 2 is 1.90 bits per heavy atom. The van der Waals surface area contributed by atoms with Crippen LogP contribution in [0.2, 0.25) is 0 Å². The van der Waals surface area contributed by atoms with Crippen LogP contribution in [0.25, 0.3) is 0 Å². The van der Waals surface area contributed by atoms with Crippen molar-refractivity contribution in [2.24, 2.45) is 0 Å². The number of aryl methyl sites for hydroxylation is 1. The molecule has 2 aromatic rings. The normalized spacial score (nSPS) is 27.5. The Labute approximate surface area is 229 Å². The summed E-state index contributed by atoms with van der Waals surface area (Å²) >= 11 is 1.49. The number of hydrogen-bond donors (Lipinski definition) is 2. The van der Waals surface area contributed by atoms with Crippen LogP contribution in [0.4, 0.5) is 15.2 Å². The Kier molecular flexibility index (Phi) is 5.51. The lowest BCUT2D eigenvalue weighted by Crippen LogP contribution is -2.59. The van der Waals surface area contributed by atoms with E-state index >= 15 is 0 Å². The molecule has 5 aliphatic rings. The van der Waals surface area contributed by atoms with Crippen LogP contribution >= 0.6 is 11.3 Å². The van der Waals surface area contributed by atoms with Gasteiger partial charge in [0.05, 0.1) is 16.7 Å². The maximum Gasteiger partial charge on any atom is 0.321 e. The predicted octanol–water partition coefficient (Wildman–Crippen LogP) is 2.43. The third-order valence-corrected chi connectivity index (χ3v) is 10.3. The molecule has 0 aromatic carbocycles. The molecule has 0 unspecified atom stereocenters. The second kappa shape index (κ2) is 8.65. The molecule has 0 bridgehead atoms. The van der Waals surface area contributed by atoms with Crippen LogP contribution in [-0.2, 0) is 11.8 Å². The second-order valence-electron chi connectivity index (χ2n) is 11.9. The minimum Gasteiger partial charge on any atom is -0.473 e. The van der Waals surface area contributed by atoms with Crippen LogP contribution < -0.4 is 20.1 Å². The third-order valence-electron chi connectivity index (χ3n) is 9.25. The fourth-order valence-electron chi connectivity index (χ4n) is 7.02. The molecule has 0 radical (unpaired) electrons. The van der Waals surface area contributed by atoms with Gasteiger partial charge in [0.1, 0.15) is 36.5 Å². The number of hydrogen-bond acceptors (Lipinski definition) is 11. The monoisotopic (exact) mass is 551 g/mol. The van der Waals surface area contributed by atoms with Crippen LogP contribution in [0, 0.1) is 22.7 Å². The number of nitriles is 2. The summed E-state index contributed by atoms with van der Waals surface area (Å²) in [7, 11) is 0. The highest BCUT2D eigenvalue weighted by molar-refractivity contribution is 7.16. The molecule has 2 aliphatic carbocycles. The molecular weight excluding hydrogens is 521 g/mol. The van der Waals surface area contributed by atoms with Gasteiger partial charge in [-0.2, -0.15) is 20.5 Å². The van der Waals surface area contributed by atoms with Gasteiger partial charge >= 0.3 is 6.01 Å². The molecule has 3 aliphatic heterocycles. The van der Waals surface area contributed by atoms with Crippen molar-refractivity contribution in [3.8, 4) is 24.0 Å². The Morgan fingerprint density at radius 3 is 2.64 bits per heavy atom. The van der Waals surface area contributed by atoms with Crippen molar-refractivity contribution in [2.75, 3.05) is 50.0 Å². The van der Waals surface area contributed by atoms with E-state index in [4.69, 9.17) is 15.2 Å². The Morgan fingerprint density at radius 1 is 1.10 bits per heavy atom. The Hall–Kier alpha value is -3.19. The number of ether oxygens (including phenoxy) is 2. The van der Waals surface area contributed by atoms with Crippen LogP contribution in [0.5, 0.6) is 11.9 Å². The van der Waals surface area contributed by atoms with E-state index in [-0.39, 0.29) is 41.6 Å². The number of anilines is 2. The summed E-state index contributed by atoms with van der Waals surface area (Å²) in [5.74, 6) is 0.496. The highest BCUT2D eigenvalue weighted by Gasteiger charge is 2.53. The maximum absolute atomic E-state index is 14.3. The first-order valence-electron chi connectivity index (χ1n) is 13.5. The molecule has 3 N–H and O–H groups in total. The number of nitrogens with two attached hydrogens (primary N) is 1. The quantitative estimate of drug-likeness (QED) is 0.526. The second-order valence-corrected chi connectivity index (χ2v) is 13.0. The van der Waals surface area contributed by atoms with Gasteiger partial charge in [0.15, 0.2) is 11.4 Å². The van der Waals surface area contributed by atoms with Gasteiger partial charge in [-0.3, -0.25) is 4.90 Å². The van der Waals surface area contributed by atoms with Crippen molar-refractivity contribution < 1.29 is 19.0 Å². The minimum absolute atomic E-state index is 0.0336. The summed E-state index contributed by atoms with van der Waals surface area (Å²) in [5, 5.41) is 30.8. The zero-order valence-electron chi connectivity index (χ0n) is 21.6. The van der Waals surface area contributed by atoms with Crippen LogP contribution in [0.3, 0.4) is 0 Å². The number of rotatable bonds is 7. The first-order chi connectivity index (χ1) is 18.8. The minimum atomic E-state index is -0.893. The Bertz CT molecular complexity index is 1420. The van der Waals surface area contributed by atoms with Gasteiger partial charge in [0, 0.05) is 36.3 Å². The lowest BCUT2D eigenvalue weighted by molar-refractivity contribution is 0.0809. The van der Waals surface area contributed by atoms with Crippen molar-refractivity contribution in [1.29, 1.82) is 10.5 Å². The number of nitrogen functional groups attached to an aromatic ring is 1. The number of fused-ring (bicyclic) bond motifs is 3. The van der Waals surface area contributed by atoms with E-state index in [1.54, 1.807) is 0 Å². The molecule has 7 rings (SSSR count). The SMILES string of the molecule is N#Cc1c(OCC2(O)CC2)nc(OC[C@@]23CCCN2C[C@H](F)C3)nc1N1CC2(CCc3sc(N)c(C#N)c32)C1. The summed E-state index contributed by atoms with van der Waals surface area (Å²) in [4.78, 5) is 14.4. The highest BCUT2D eigenvalue weighted by atomic mass is 32.1. The van der Waals surface area contributed by atoms with Crippen LogP contribution in [-0.4, -0.2) is 76.7 Å². The first-order valence-corrected chi connectivity index (χ1v) is 14.3. The van der Waals surface area contributed by atoms with Crippen molar-refractivity contribution >= 4 is 22.2 Å². The van der Waals surface area contributed by atoms with Gasteiger partial charge < -0.3 is 25.2 Å². The lowest BCUT2D eigenvalue weighted by Gasteiger charge is -2.49. The van der Waals surface area contributed by atoms with Gasteiger partial charge in [-0.15, -0.1) is 11.3 Å². The lowest BCUT2D eigenvalue weighted by atomic mass is 9.74. The van der Waals surface area contributed by atoms with E-state index < -0.39 is 11.8 Å². The zero-order valence-corrected chi connectivity index (χ0v) is 22.4. The van der Waals surface area contributed by atoms with E-state index in [2.05, 4.69) is 27.0 Å². The number of halogens is 1. The van der Waals surface area contributed by atoms with Gasteiger partial charge in [0.25, 0.3) is 0 Å². The summed E-state index contributed by atoms with van der Waals surface area (Å²) in [6, 6.07) is 4.57. The summed E-state index contributed by atoms with van der Waals surface area (Å²) < 4.78 is 26.3. The number of aliphatic hydroxyl groups is 1. The fourth-order valence-corrected chi connectivity index (χ4v) is 8.16. The largest absolute Gasteiger partial charge is 0.473 e. The molecule has 10 nitrogen and oxygen atoms in total. The van der Waals surface area contributed by atoms with Crippen molar-refractivity contribution in [1.82, 2.24) is 14.9 Å². The number of nitrogens with zero attached hydrogens (tertiary/aromatic N) is 6. The van der Waals surface area contributed by atoms with Gasteiger partial charge in [-0.1, -0.05) is 0 Å². The third kappa shape index (κ3) is 3.92. The molecule has 2 atom stereocenters. The van der Waals surface area contributed by atoms with Crippen LogP contribution in [0.1, 0.15) is 60.1 Å². The molecule has 204 valence electrons. The molecule has 1 saturated carbocycles. The van der Waals surface area contributed by atoms with Crippen molar-refractivity contribution in [2.45, 2.75) is 67.7 Å². The van der Waals surface area contributed by atoms with E-state index in [1.165, 1.54) is 16.2 Å². The molecule has 5 heterocycles. The molecular formula is C27H30FN7O3S. The number of aromatic nitrogens is 2. The average molecular weight is 552 g/mol. The first kappa shape index (κ1) is 24.8. The van der Waals surface area contributed by atoms with Crippen LogP contribution in [0.15, 0.2) is 0 Å². The molecule has 0 amide bonds. The smallest absolute Gasteiger partial charge is 0.321 e. The van der Waals surface area contributed by atoms with E-state index in [0.717, 1.165) is 37.8 Å². The highest BCUT2D eigenvalue weighted by Crippen LogP contribution is 2.53. The Balaban J connectivity index is 1.18.